The van der Waals surface area contributed by atoms with Crippen LogP contribution in [0.1, 0.15) is 18.1 Å². The molecule has 1 unspecified atom stereocenters. The third kappa shape index (κ3) is 4.56. The summed E-state index contributed by atoms with van der Waals surface area (Å²) in [6.45, 7) is 3.78. The number of rotatable bonds is 6. The van der Waals surface area contributed by atoms with Crippen LogP contribution in [0.3, 0.4) is 0 Å². The fourth-order valence-corrected chi connectivity index (χ4v) is 3.35. The van der Waals surface area contributed by atoms with Gasteiger partial charge in [-0.3, -0.25) is 0 Å². The van der Waals surface area contributed by atoms with E-state index >= 15 is 0 Å². The van der Waals surface area contributed by atoms with Crippen LogP contribution in [-0.4, -0.2) is 34.7 Å². The average molecular weight is 393 g/mol. The molecule has 0 spiro atoms. The first-order valence-corrected chi connectivity index (χ1v) is 9.76. The fourth-order valence-electron chi connectivity index (χ4n) is 3.35. The van der Waals surface area contributed by atoms with Crippen LogP contribution in [0.4, 0.5) is 4.39 Å². The van der Waals surface area contributed by atoms with E-state index in [1.54, 1.807) is 29.4 Å². The van der Waals surface area contributed by atoms with Gasteiger partial charge in [0.25, 0.3) is 0 Å². The molecule has 7 heteroatoms. The fraction of sp³-hybridized carbons (Fsp3) is 0.273. The van der Waals surface area contributed by atoms with E-state index in [4.69, 9.17) is 4.74 Å². The quantitative estimate of drug-likeness (QED) is 0.499. The second kappa shape index (κ2) is 8.77. The monoisotopic (exact) mass is 393 g/mol. The molecule has 2 aromatic carbocycles. The zero-order valence-electron chi connectivity index (χ0n) is 16.3. The van der Waals surface area contributed by atoms with Gasteiger partial charge in [-0.1, -0.05) is 24.3 Å². The molecule has 0 amide bonds. The van der Waals surface area contributed by atoms with E-state index in [-0.39, 0.29) is 11.9 Å². The molecular formula is C22H24FN5O. The number of nitrogens with one attached hydrogen (secondary N) is 2. The van der Waals surface area contributed by atoms with Crippen molar-refractivity contribution in [3.8, 4) is 11.4 Å². The minimum atomic E-state index is -0.300. The normalized spacial score (nSPS) is 15.7. The average Bonchev–Trinajstić information content (AvgIpc) is 3.39. The summed E-state index contributed by atoms with van der Waals surface area (Å²) in [5.74, 6) is 1.34. The van der Waals surface area contributed by atoms with Gasteiger partial charge in [0.15, 0.2) is 5.96 Å². The van der Waals surface area contributed by atoms with Gasteiger partial charge >= 0.3 is 0 Å². The van der Waals surface area contributed by atoms with Gasteiger partial charge < -0.3 is 19.9 Å². The number of aliphatic imine (C=N–C) groups is 1. The van der Waals surface area contributed by atoms with Gasteiger partial charge in [-0.05, 0) is 36.2 Å². The predicted octanol–water partition coefficient (Wildman–Crippen LogP) is 3.07. The molecule has 0 saturated carbocycles. The van der Waals surface area contributed by atoms with Crippen molar-refractivity contribution in [1.82, 2.24) is 20.2 Å². The van der Waals surface area contributed by atoms with Crippen LogP contribution in [0.15, 0.2) is 66.2 Å². The Balaban J connectivity index is 1.37. The third-order valence-electron chi connectivity index (χ3n) is 4.77. The summed E-state index contributed by atoms with van der Waals surface area (Å²) in [4.78, 5) is 8.54. The molecule has 0 aliphatic carbocycles. The second-order valence-electron chi connectivity index (χ2n) is 6.88. The van der Waals surface area contributed by atoms with E-state index in [1.165, 1.54) is 11.6 Å². The standard InChI is InChI=1S/C22H24FN5O/c1-2-25-22(27-14-18-12-17-5-3-4-6-21(17)29-18)26-13-16-7-8-20(19(23)11-16)28-10-9-24-15-28/h3-11,15,18H,2,12-14H2,1H3,(H2,25,26,27). The number of nitrogens with zero attached hydrogens (tertiary/aromatic N) is 3. The zero-order valence-corrected chi connectivity index (χ0v) is 16.3. The SMILES string of the molecule is CCNC(=NCc1ccc(-n2ccnc2)c(F)c1)NCC1Cc2ccccc2O1. The number of guanidine groups is 1. The summed E-state index contributed by atoms with van der Waals surface area (Å²) in [6, 6.07) is 13.2. The highest BCUT2D eigenvalue weighted by Gasteiger charge is 2.22. The Bertz CT molecular complexity index is 962. The summed E-state index contributed by atoms with van der Waals surface area (Å²) < 4.78 is 22.0. The van der Waals surface area contributed by atoms with Crippen molar-refractivity contribution in [1.29, 1.82) is 0 Å². The van der Waals surface area contributed by atoms with Crippen LogP contribution in [0, 0.1) is 5.82 Å². The maximum absolute atomic E-state index is 14.4. The molecular weight excluding hydrogens is 369 g/mol. The number of benzene rings is 2. The number of hydrogen-bond donors (Lipinski definition) is 2. The molecule has 1 aliphatic heterocycles. The van der Waals surface area contributed by atoms with E-state index in [0.717, 1.165) is 24.3 Å². The number of para-hydroxylation sites is 1. The molecule has 0 radical (unpaired) electrons. The Morgan fingerprint density at radius 1 is 1.28 bits per heavy atom. The van der Waals surface area contributed by atoms with Crippen LogP contribution < -0.4 is 15.4 Å². The first-order chi connectivity index (χ1) is 14.2. The van der Waals surface area contributed by atoms with Crippen molar-refractivity contribution in [3.05, 3.63) is 78.1 Å². The van der Waals surface area contributed by atoms with Crippen LogP contribution in [0.2, 0.25) is 0 Å². The number of halogens is 1. The minimum absolute atomic E-state index is 0.0724. The molecule has 2 N–H and O–H groups in total. The van der Waals surface area contributed by atoms with E-state index < -0.39 is 0 Å². The van der Waals surface area contributed by atoms with E-state index in [1.807, 2.05) is 31.2 Å². The summed E-state index contributed by atoms with van der Waals surface area (Å²) in [7, 11) is 0. The largest absolute Gasteiger partial charge is 0.488 e. The van der Waals surface area contributed by atoms with E-state index in [2.05, 4.69) is 26.7 Å². The molecule has 29 heavy (non-hydrogen) atoms. The van der Waals surface area contributed by atoms with E-state index in [0.29, 0.717) is 24.7 Å². The lowest BCUT2D eigenvalue weighted by Gasteiger charge is -2.15. The lowest BCUT2D eigenvalue weighted by atomic mass is 10.1. The van der Waals surface area contributed by atoms with Crippen molar-refractivity contribution in [3.63, 3.8) is 0 Å². The molecule has 2 heterocycles. The smallest absolute Gasteiger partial charge is 0.191 e. The van der Waals surface area contributed by atoms with Crippen LogP contribution >= 0.6 is 0 Å². The van der Waals surface area contributed by atoms with Gasteiger partial charge in [0, 0.05) is 25.4 Å². The molecule has 3 aromatic rings. The van der Waals surface area contributed by atoms with Crippen molar-refractivity contribution in [2.24, 2.45) is 4.99 Å². The first-order valence-electron chi connectivity index (χ1n) is 9.76. The molecule has 1 aliphatic rings. The lowest BCUT2D eigenvalue weighted by molar-refractivity contribution is 0.235. The predicted molar refractivity (Wildman–Crippen MR) is 111 cm³/mol. The number of ether oxygens (including phenoxy) is 1. The third-order valence-corrected chi connectivity index (χ3v) is 4.77. The van der Waals surface area contributed by atoms with Gasteiger partial charge in [-0.2, -0.15) is 0 Å². The molecule has 0 bridgehead atoms. The van der Waals surface area contributed by atoms with Gasteiger partial charge in [-0.25, -0.2) is 14.4 Å². The van der Waals surface area contributed by atoms with Crippen molar-refractivity contribution in [2.45, 2.75) is 26.0 Å². The number of imidazole rings is 1. The van der Waals surface area contributed by atoms with Crippen LogP contribution in [0.25, 0.3) is 5.69 Å². The van der Waals surface area contributed by atoms with Crippen LogP contribution in [-0.2, 0) is 13.0 Å². The first kappa shape index (κ1) is 19.0. The number of fused-ring (bicyclic) bond motifs is 1. The van der Waals surface area contributed by atoms with Crippen molar-refractivity contribution >= 4 is 5.96 Å². The van der Waals surface area contributed by atoms with Gasteiger partial charge in [0.1, 0.15) is 17.7 Å². The molecule has 6 nitrogen and oxygen atoms in total. The van der Waals surface area contributed by atoms with Gasteiger partial charge in [0.05, 0.1) is 25.1 Å². The van der Waals surface area contributed by atoms with E-state index in [9.17, 15) is 4.39 Å². The molecule has 0 fully saturated rings. The topological polar surface area (TPSA) is 63.5 Å². The summed E-state index contributed by atoms with van der Waals surface area (Å²) in [6.07, 6.45) is 5.87. The Hall–Kier alpha value is -3.35. The van der Waals surface area contributed by atoms with Gasteiger partial charge in [0.2, 0.25) is 0 Å². The summed E-state index contributed by atoms with van der Waals surface area (Å²) in [5.41, 5.74) is 2.50. The summed E-state index contributed by atoms with van der Waals surface area (Å²) in [5, 5.41) is 6.55. The van der Waals surface area contributed by atoms with Crippen molar-refractivity contribution < 1.29 is 9.13 Å². The van der Waals surface area contributed by atoms with Crippen molar-refractivity contribution in [2.75, 3.05) is 13.1 Å². The van der Waals surface area contributed by atoms with Crippen LogP contribution in [0.5, 0.6) is 5.75 Å². The molecule has 0 saturated heterocycles. The lowest BCUT2D eigenvalue weighted by Crippen LogP contribution is -2.42. The highest BCUT2D eigenvalue weighted by molar-refractivity contribution is 5.79. The maximum atomic E-state index is 14.4. The maximum Gasteiger partial charge on any atom is 0.191 e. The Labute approximate surface area is 169 Å². The molecule has 150 valence electrons. The molecule has 1 atom stereocenters. The van der Waals surface area contributed by atoms with Gasteiger partial charge in [-0.15, -0.1) is 0 Å². The Kier molecular flexibility index (Phi) is 5.74. The summed E-state index contributed by atoms with van der Waals surface area (Å²) >= 11 is 0. The zero-order chi connectivity index (χ0) is 20.1. The Morgan fingerprint density at radius 3 is 2.93 bits per heavy atom. The number of hydrogen-bond acceptors (Lipinski definition) is 3. The minimum Gasteiger partial charge on any atom is -0.488 e. The molecule has 1 aromatic heterocycles. The number of aromatic nitrogens is 2. The second-order valence-corrected chi connectivity index (χ2v) is 6.88. The highest BCUT2D eigenvalue weighted by Crippen LogP contribution is 2.27. The molecule has 4 rings (SSSR count). The Morgan fingerprint density at radius 2 is 2.17 bits per heavy atom. The highest BCUT2D eigenvalue weighted by atomic mass is 19.1.